The number of fused-ring (bicyclic) bond motifs is 3. The maximum atomic E-state index is 5.10. The van der Waals surface area contributed by atoms with Gasteiger partial charge >= 0.3 is 0 Å². The molecule has 2 aromatic heterocycles. The molecular formula is C46H31N3S. The third-order valence-corrected chi connectivity index (χ3v) is 10.3. The van der Waals surface area contributed by atoms with Crippen LogP contribution in [-0.2, 0) is 0 Å². The van der Waals surface area contributed by atoms with E-state index in [0.717, 1.165) is 27.8 Å². The van der Waals surface area contributed by atoms with Gasteiger partial charge in [0.1, 0.15) is 0 Å². The van der Waals surface area contributed by atoms with E-state index < -0.39 is 0 Å². The molecule has 9 rings (SSSR count). The first-order chi connectivity index (χ1) is 24.7. The SMILES string of the molecule is Cc1ccc(-c2cccc(-c3nc(-c4ccccc4)nc(-c4ccc5c(c4)sc4cccc(-c6cccc(-c7ccccc7)c6)c45)n3)c2)cc1. The standard InChI is InChI=1S/C46H31N3S/c1-30-21-23-32(24-22-30)35-16-9-18-37(28-35)45-47-44(33-13-6-3-7-14-33)48-46(49-45)38-25-26-40-42(29-38)50-41-20-10-19-39(43(40)41)36-17-8-15-34(27-36)31-11-4-2-5-12-31/h2-29H,1H3. The van der Waals surface area contributed by atoms with Crippen molar-refractivity contribution in [2.24, 2.45) is 0 Å². The van der Waals surface area contributed by atoms with Crippen molar-refractivity contribution in [3.63, 3.8) is 0 Å². The number of nitrogens with zero attached hydrogens (tertiary/aromatic N) is 3. The Morgan fingerprint density at radius 1 is 0.360 bits per heavy atom. The molecule has 0 saturated carbocycles. The van der Waals surface area contributed by atoms with Crippen LogP contribution in [0, 0.1) is 6.92 Å². The van der Waals surface area contributed by atoms with Crippen LogP contribution in [0.4, 0.5) is 0 Å². The first-order valence-corrected chi connectivity index (χ1v) is 17.6. The number of rotatable bonds is 6. The average molecular weight is 658 g/mol. The minimum Gasteiger partial charge on any atom is -0.208 e. The normalized spacial score (nSPS) is 11.3. The van der Waals surface area contributed by atoms with E-state index in [1.807, 2.05) is 29.5 Å². The summed E-state index contributed by atoms with van der Waals surface area (Å²) in [6, 6.07) is 59.9. The van der Waals surface area contributed by atoms with Crippen molar-refractivity contribution in [2.45, 2.75) is 6.92 Å². The van der Waals surface area contributed by atoms with Gasteiger partial charge in [-0.1, -0.05) is 151 Å². The molecule has 0 atom stereocenters. The van der Waals surface area contributed by atoms with Gasteiger partial charge < -0.3 is 0 Å². The minimum atomic E-state index is 0.653. The lowest BCUT2D eigenvalue weighted by molar-refractivity contribution is 1.07. The molecule has 7 aromatic carbocycles. The van der Waals surface area contributed by atoms with E-state index in [2.05, 4.69) is 159 Å². The lowest BCUT2D eigenvalue weighted by Gasteiger charge is -2.10. The fraction of sp³-hybridized carbons (Fsp3) is 0.0217. The number of aromatic nitrogens is 3. The highest BCUT2D eigenvalue weighted by Crippen LogP contribution is 2.42. The Labute approximate surface area is 295 Å². The van der Waals surface area contributed by atoms with Gasteiger partial charge in [-0.15, -0.1) is 11.3 Å². The van der Waals surface area contributed by atoms with E-state index in [-0.39, 0.29) is 0 Å². The highest BCUT2D eigenvalue weighted by molar-refractivity contribution is 7.26. The monoisotopic (exact) mass is 657 g/mol. The van der Waals surface area contributed by atoms with Gasteiger partial charge in [0.15, 0.2) is 17.5 Å². The van der Waals surface area contributed by atoms with Crippen LogP contribution in [-0.4, -0.2) is 15.0 Å². The number of hydrogen-bond acceptors (Lipinski definition) is 4. The molecule has 4 heteroatoms. The second kappa shape index (κ2) is 12.7. The molecule has 236 valence electrons. The van der Waals surface area contributed by atoms with Gasteiger partial charge in [0.25, 0.3) is 0 Å². The van der Waals surface area contributed by atoms with Crippen molar-refractivity contribution in [3.05, 3.63) is 175 Å². The molecular weight excluding hydrogens is 627 g/mol. The lowest BCUT2D eigenvalue weighted by Crippen LogP contribution is -2.00. The lowest BCUT2D eigenvalue weighted by atomic mass is 9.96. The Morgan fingerprint density at radius 3 is 1.56 bits per heavy atom. The Bertz CT molecular complexity index is 2640. The smallest absolute Gasteiger partial charge is 0.164 e. The summed E-state index contributed by atoms with van der Waals surface area (Å²) in [6.07, 6.45) is 0. The zero-order valence-corrected chi connectivity index (χ0v) is 28.2. The third-order valence-electron chi connectivity index (χ3n) is 9.21. The van der Waals surface area contributed by atoms with E-state index in [4.69, 9.17) is 15.0 Å². The van der Waals surface area contributed by atoms with Crippen LogP contribution < -0.4 is 0 Å². The highest BCUT2D eigenvalue weighted by atomic mass is 32.1. The van der Waals surface area contributed by atoms with Gasteiger partial charge in [0.2, 0.25) is 0 Å². The summed E-state index contributed by atoms with van der Waals surface area (Å²) in [5.74, 6) is 1.97. The Hall–Kier alpha value is -6.23. The van der Waals surface area contributed by atoms with Gasteiger partial charge in [-0.2, -0.15) is 0 Å². The zero-order chi connectivity index (χ0) is 33.4. The summed E-state index contributed by atoms with van der Waals surface area (Å²) >= 11 is 1.81. The Morgan fingerprint density at radius 2 is 0.860 bits per heavy atom. The molecule has 0 radical (unpaired) electrons. The van der Waals surface area contributed by atoms with Crippen LogP contribution in [0.15, 0.2) is 170 Å². The summed E-state index contributed by atoms with van der Waals surface area (Å²) in [5.41, 5.74) is 11.3. The topological polar surface area (TPSA) is 38.7 Å². The summed E-state index contributed by atoms with van der Waals surface area (Å²) in [5, 5.41) is 2.51. The van der Waals surface area contributed by atoms with E-state index in [1.54, 1.807) is 0 Å². The van der Waals surface area contributed by atoms with E-state index in [0.29, 0.717) is 17.5 Å². The average Bonchev–Trinajstić information content (AvgIpc) is 3.57. The molecule has 0 amide bonds. The third kappa shape index (κ3) is 5.66. The second-order valence-corrected chi connectivity index (χ2v) is 13.6. The van der Waals surface area contributed by atoms with E-state index >= 15 is 0 Å². The second-order valence-electron chi connectivity index (χ2n) is 12.6. The number of benzene rings is 7. The Kier molecular flexibility index (Phi) is 7.57. The molecule has 0 N–H and O–H groups in total. The predicted octanol–water partition coefficient (Wildman–Crippen LogP) is 12.5. The van der Waals surface area contributed by atoms with Gasteiger partial charge in [-0.3, -0.25) is 0 Å². The van der Waals surface area contributed by atoms with E-state index in [9.17, 15) is 0 Å². The number of thiophene rings is 1. The first kappa shape index (κ1) is 29.9. The molecule has 0 fully saturated rings. The molecule has 2 heterocycles. The van der Waals surface area contributed by atoms with Crippen LogP contribution in [0.3, 0.4) is 0 Å². The van der Waals surface area contributed by atoms with Crippen molar-refractivity contribution in [3.8, 4) is 67.5 Å². The molecule has 0 aliphatic carbocycles. The van der Waals surface area contributed by atoms with Crippen LogP contribution in [0.25, 0.3) is 87.7 Å². The molecule has 0 spiro atoms. The predicted molar refractivity (Wildman–Crippen MR) is 210 cm³/mol. The van der Waals surface area contributed by atoms with Crippen molar-refractivity contribution >= 4 is 31.5 Å². The van der Waals surface area contributed by atoms with Gasteiger partial charge in [-0.05, 0) is 64.6 Å². The van der Waals surface area contributed by atoms with Crippen LogP contribution >= 0.6 is 11.3 Å². The van der Waals surface area contributed by atoms with Crippen LogP contribution in [0.2, 0.25) is 0 Å². The molecule has 0 aliphatic heterocycles. The van der Waals surface area contributed by atoms with Crippen molar-refractivity contribution < 1.29 is 0 Å². The van der Waals surface area contributed by atoms with Crippen molar-refractivity contribution in [1.82, 2.24) is 15.0 Å². The minimum absolute atomic E-state index is 0.653. The molecule has 0 aliphatic rings. The largest absolute Gasteiger partial charge is 0.208 e. The van der Waals surface area contributed by atoms with Gasteiger partial charge in [0.05, 0.1) is 0 Å². The summed E-state index contributed by atoms with van der Waals surface area (Å²) in [6.45, 7) is 2.11. The zero-order valence-electron chi connectivity index (χ0n) is 27.4. The molecule has 50 heavy (non-hydrogen) atoms. The van der Waals surface area contributed by atoms with E-state index in [1.165, 1.54) is 48.0 Å². The molecule has 9 aromatic rings. The van der Waals surface area contributed by atoms with Crippen LogP contribution in [0.5, 0.6) is 0 Å². The number of hydrogen-bond donors (Lipinski definition) is 0. The quantitative estimate of drug-likeness (QED) is 0.179. The first-order valence-electron chi connectivity index (χ1n) is 16.8. The summed E-state index contributed by atoms with van der Waals surface area (Å²) < 4.78 is 2.46. The molecule has 0 saturated heterocycles. The maximum absolute atomic E-state index is 5.10. The summed E-state index contributed by atoms with van der Waals surface area (Å²) in [7, 11) is 0. The maximum Gasteiger partial charge on any atom is 0.164 e. The molecule has 0 unspecified atom stereocenters. The summed E-state index contributed by atoms with van der Waals surface area (Å²) in [4.78, 5) is 15.1. The molecule has 3 nitrogen and oxygen atoms in total. The fourth-order valence-corrected chi connectivity index (χ4v) is 7.81. The Balaban J connectivity index is 1.16. The molecule has 0 bridgehead atoms. The van der Waals surface area contributed by atoms with Gasteiger partial charge in [-0.25, -0.2) is 15.0 Å². The van der Waals surface area contributed by atoms with Crippen molar-refractivity contribution in [1.29, 1.82) is 0 Å². The highest BCUT2D eigenvalue weighted by Gasteiger charge is 2.16. The number of aryl methyl sites for hydroxylation is 1. The van der Waals surface area contributed by atoms with Gasteiger partial charge in [0, 0.05) is 36.9 Å². The fourth-order valence-electron chi connectivity index (χ4n) is 6.64. The van der Waals surface area contributed by atoms with Crippen LogP contribution in [0.1, 0.15) is 5.56 Å². The van der Waals surface area contributed by atoms with Crippen molar-refractivity contribution in [2.75, 3.05) is 0 Å².